The summed E-state index contributed by atoms with van der Waals surface area (Å²) in [5.41, 5.74) is 0.782. The van der Waals surface area contributed by atoms with Gasteiger partial charge in [-0.15, -0.1) is 11.8 Å². The number of thioether (sulfide) groups is 1. The number of carbonyl (C=O) groups is 1. The lowest BCUT2D eigenvalue weighted by Crippen LogP contribution is -2.15. The molecule has 16 heavy (non-hydrogen) atoms. The van der Waals surface area contributed by atoms with Crippen LogP contribution in [-0.4, -0.2) is 16.3 Å². The van der Waals surface area contributed by atoms with Gasteiger partial charge in [0, 0.05) is 10.2 Å². The highest BCUT2D eigenvalue weighted by molar-refractivity contribution is 9.10. The van der Waals surface area contributed by atoms with E-state index in [-0.39, 0.29) is 5.82 Å². The highest BCUT2D eigenvalue weighted by Crippen LogP contribution is 2.26. The smallest absolute Gasteiger partial charge is 0.316 e. The molecule has 0 aliphatic carbocycles. The topological polar surface area (TPSA) is 37.3 Å². The van der Waals surface area contributed by atoms with Gasteiger partial charge in [-0.3, -0.25) is 4.79 Å². The number of halogens is 2. The second-order valence-corrected chi connectivity index (χ2v) is 5.33. The maximum atomic E-state index is 13.0. The minimum Gasteiger partial charge on any atom is -0.480 e. The fraction of sp³-hybridized carbons (Fsp3) is 0.364. The van der Waals surface area contributed by atoms with Crippen LogP contribution in [0, 0.1) is 5.82 Å². The molecule has 0 spiro atoms. The molecule has 1 N–H and O–H groups in total. The van der Waals surface area contributed by atoms with Crippen LogP contribution < -0.4 is 0 Å². The van der Waals surface area contributed by atoms with E-state index < -0.39 is 11.2 Å². The maximum Gasteiger partial charge on any atom is 0.316 e. The zero-order valence-corrected chi connectivity index (χ0v) is 11.1. The average molecular weight is 307 g/mol. The molecule has 0 bridgehead atoms. The van der Waals surface area contributed by atoms with E-state index in [9.17, 15) is 9.18 Å². The second kappa shape index (κ2) is 6.25. The Morgan fingerprint density at radius 3 is 2.88 bits per heavy atom. The van der Waals surface area contributed by atoms with Gasteiger partial charge in [0.05, 0.1) is 0 Å². The van der Waals surface area contributed by atoms with Crippen LogP contribution in [0.1, 0.15) is 18.9 Å². The Kier molecular flexibility index (Phi) is 5.28. The summed E-state index contributed by atoms with van der Waals surface area (Å²) in [6.07, 6.45) is 0.562. The van der Waals surface area contributed by atoms with Crippen molar-refractivity contribution >= 4 is 33.7 Å². The lowest BCUT2D eigenvalue weighted by molar-refractivity contribution is -0.136. The summed E-state index contributed by atoms with van der Waals surface area (Å²) in [5, 5.41) is 8.43. The van der Waals surface area contributed by atoms with E-state index in [2.05, 4.69) is 15.9 Å². The molecule has 0 aliphatic heterocycles. The van der Waals surface area contributed by atoms with E-state index in [1.807, 2.05) is 6.92 Å². The Bertz CT molecular complexity index is 384. The molecule has 0 saturated carbocycles. The normalized spacial score (nSPS) is 12.4. The molecule has 0 aromatic heterocycles. The number of benzene rings is 1. The SMILES string of the molecule is CCC(SCc1cc(F)ccc1Br)C(=O)O. The molecule has 1 atom stereocenters. The van der Waals surface area contributed by atoms with Crippen LogP contribution in [-0.2, 0) is 10.5 Å². The predicted molar refractivity (Wildman–Crippen MR) is 67.1 cm³/mol. The lowest BCUT2D eigenvalue weighted by Gasteiger charge is -2.10. The van der Waals surface area contributed by atoms with E-state index in [4.69, 9.17) is 5.11 Å². The van der Waals surface area contributed by atoms with Crippen molar-refractivity contribution in [2.75, 3.05) is 0 Å². The van der Waals surface area contributed by atoms with Crippen LogP contribution in [0.3, 0.4) is 0 Å². The average Bonchev–Trinajstić information content (AvgIpc) is 2.23. The molecule has 0 aliphatic rings. The molecule has 1 aromatic carbocycles. The summed E-state index contributed by atoms with van der Waals surface area (Å²) in [6, 6.07) is 4.42. The lowest BCUT2D eigenvalue weighted by atomic mass is 10.2. The molecule has 1 unspecified atom stereocenters. The van der Waals surface area contributed by atoms with Gasteiger partial charge in [0.2, 0.25) is 0 Å². The van der Waals surface area contributed by atoms with Crippen molar-refractivity contribution in [2.24, 2.45) is 0 Å². The molecule has 1 rings (SSSR count). The second-order valence-electron chi connectivity index (χ2n) is 3.28. The summed E-state index contributed by atoms with van der Waals surface area (Å²) in [7, 11) is 0. The Hall–Kier alpha value is -0.550. The van der Waals surface area contributed by atoms with Crippen LogP contribution in [0.5, 0.6) is 0 Å². The molecule has 5 heteroatoms. The Balaban J connectivity index is 2.66. The Morgan fingerprint density at radius 2 is 2.31 bits per heavy atom. The van der Waals surface area contributed by atoms with E-state index in [1.165, 1.54) is 23.9 Å². The highest BCUT2D eigenvalue weighted by atomic mass is 79.9. The fourth-order valence-corrected chi connectivity index (χ4v) is 2.78. The van der Waals surface area contributed by atoms with Crippen molar-refractivity contribution in [1.82, 2.24) is 0 Å². The van der Waals surface area contributed by atoms with Gasteiger partial charge in [-0.2, -0.15) is 0 Å². The van der Waals surface area contributed by atoms with E-state index in [0.717, 1.165) is 10.0 Å². The van der Waals surface area contributed by atoms with Gasteiger partial charge in [0.1, 0.15) is 11.1 Å². The van der Waals surface area contributed by atoms with E-state index >= 15 is 0 Å². The monoisotopic (exact) mass is 306 g/mol. The van der Waals surface area contributed by atoms with Gasteiger partial charge in [-0.05, 0) is 30.2 Å². The molecular formula is C11H12BrFO2S. The first-order valence-electron chi connectivity index (χ1n) is 4.83. The first-order valence-corrected chi connectivity index (χ1v) is 6.67. The first-order chi connectivity index (χ1) is 7.54. The zero-order chi connectivity index (χ0) is 12.1. The van der Waals surface area contributed by atoms with Gasteiger partial charge in [-0.25, -0.2) is 4.39 Å². The minimum atomic E-state index is -0.819. The third-order valence-electron chi connectivity index (χ3n) is 2.09. The summed E-state index contributed by atoms with van der Waals surface area (Å²) < 4.78 is 13.8. The fourth-order valence-electron chi connectivity index (χ4n) is 1.21. The zero-order valence-electron chi connectivity index (χ0n) is 8.74. The van der Waals surface area contributed by atoms with Gasteiger partial charge >= 0.3 is 5.97 Å². The van der Waals surface area contributed by atoms with Crippen LogP contribution in [0.25, 0.3) is 0 Å². The molecule has 88 valence electrons. The van der Waals surface area contributed by atoms with Crippen molar-refractivity contribution < 1.29 is 14.3 Å². The number of aliphatic carboxylic acids is 1. The summed E-state index contributed by atoms with van der Waals surface area (Å²) in [5.74, 6) is -0.634. The summed E-state index contributed by atoms with van der Waals surface area (Å²) >= 11 is 4.62. The van der Waals surface area contributed by atoms with Crippen LogP contribution in [0.15, 0.2) is 22.7 Å². The molecule has 0 amide bonds. The number of rotatable bonds is 5. The van der Waals surface area contributed by atoms with Crippen LogP contribution >= 0.6 is 27.7 Å². The molecule has 0 heterocycles. The van der Waals surface area contributed by atoms with Gasteiger partial charge in [0.25, 0.3) is 0 Å². The molecule has 1 aromatic rings. The van der Waals surface area contributed by atoms with Crippen molar-refractivity contribution in [3.05, 3.63) is 34.1 Å². The van der Waals surface area contributed by atoms with E-state index in [1.54, 1.807) is 6.07 Å². The summed E-state index contributed by atoms with van der Waals surface area (Å²) in [6.45, 7) is 1.83. The number of carboxylic acids is 1. The standard InChI is InChI=1S/C11H12BrFO2S/c1-2-10(11(14)15)16-6-7-5-8(13)3-4-9(7)12/h3-5,10H,2,6H2,1H3,(H,14,15). The van der Waals surface area contributed by atoms with E-state index in [0.29, 0.717) is 12.2 Å². The van der Waals surface area contributed by atoms with Crippen molar-refractivity contribution in [1.29, 1.82) is 0 Å². The van der Waals surface area contributed by atoms with Crippen LogP contribution in [0.2, 0.25) is 0 Å². The molecule has 2 nitrogen and oxygen atoms in total. The first kappa shape index (κ1) is 13.5. The largest absolute Gasteiger partial charge is 0.480 e. The number of hydrogen-bond donors (Lipinski definition) is 1. The molecule has 0 fully saturated rings. The minimum absolute atomic E-state index is 0.304. The molecule has 0 radical (unpaired) electrons. The Morgan fingerprint density at radius 1 is 1.62 bits per heavy atom. The number of hydrogen-bond acceptors (Lipinski definition) is 2. The third kappa shape index (κ3) is 3.79. The van der Waals surface area contributed by atoms with Gasteiger partial charge in [0.15, 0.2) is 0 Å². The van der Waals surface area contributed by atoms with Crippen molar-refractivity contribution in [3.8, 4) is 0 Å². The predicted octanol–water partition coefficient (Wildman–Crippen LogP) is 3.68. The third-order valence-corrected chi connectivity index (χ3v) is 4.28. The van der Waals surface area contributed by atoms with Crippen molar-refractivity contribution in [3.63, 3.8) is 0 Å². The summed E-state index contributed by atoms with van der Waals surface area (Å²) in [4.78, 5) is 10.8. The van der Waals surface area contributed by atoms with Crippen LogP contribution in [0.4, 0.5) is 4.39 Å². The highest BCUT2D eigenvalue weighted by Gasteiger charge is 2.16. The number of carboxylic acid groups (broad SMARTS) is 1. The Labute approximate surface area is 106 Å². The molecular weight excluding hydrogens is 295 g/mol. The molecule has 0 saturated heterocycles. The maximum absolute atomic E-state index is 13.0. The van der Waals surface area contributed by atoms with Gasteiger partial charge < -0.3 is 5.11 Å². The quantitative estimate of drug-likeness (QED) is 0.901. The van der Waals surface area contributed by atoms with Crippen molar-refractivity contribution in [2.45, 2.75) is 24.3 Å². The van der Waals surface area contributed by atoms with Gasteiger partial charge in [-0.1, -0.05) is 22.9 Å².